The molecule has 3 aliphatic rings. The number of hydrogen-bond acceptors (Lipinski definition) is 4. The fourth-order valence-corrected chi connectivity index (χ4v) is 6.08. The van der Waals surface area contributed by atoms with Crippen molar-refractivity contribution in [2.24, 2.45) is 11.8 Å². The van der Waals surface area contributed by atoms with E-state index >= 15 is 0 Å². The van der Waals surface area contributed by atoms with Crippen LogP contribution in [-0.4, -0.2) is 53.7 Å². The maximum Gasteiger partial charge on any atom is 0.407 e. The zero-order chi connectivity index (χ0) is 24.5. The molecule has 1 heterocycles. The molecule has 2 fully saturated rings. The van der Waals surface area contributed by atoms with Gasteiger partial charge in [0.25, 0.3) is 0 Å². The summed E-state index contributed by atoms with van der Waals surface area (Å²) in [7, 11) is 0. The van der Waals surface area contributed by atoms with Crippen LogP contribution in [0.1, 0.15) is 43.2 Å². The van der Waals surface area contributed by atoms with E-state index in [0.717, 1.165) is 30.4 Å². The van der Waals surface area contributed by atoms with E-state index in [9.17, 15) is 19.5 Å². The average molecular weight is 475 g/mol. The second-order valence-corrected chi connectivity index (χ2v) is 9.69. The van der Waals surface area contributed by atoms with Gasteiger partial charge in [-0.2, -0.15) is 0 Å². The van der Waals surface area contributed by atoms with Gasteiger partial charge in [-0.3, -0.25) is 4.79 Å². The van der Waals surface area contributed by atoms with Crippen LogP contribution in [0.5, 0.6) is 0 Å². The highest BCUT2D eigenvalue weighted by Gasteiger charge is 2.49. The molecular formula is C28H30N2O5. The zero-order valence-electron chi connectivity index (χ0n) is 19.8. The Balaban J connectivity index is 1.16. The summed E-state index contributed by atoms with van der Waals surface area (Å²) in [6.07, 6.45) is 3.93. The molecular weight excluding hydrogens is 444 g/mol. The average Bonchev–Trinajstić information content (AvgIpc) is 3.53. The number of alkyl carbamates (subject to hydrolysis) is 1. The summed E-state index contributed by atoms with van der Waals surface area (Å²) >= 11 is 0. The van der Waals surface area contributed by atoms with Gasteiger partial charge in [0.1, 0.15) is 12.6 Å². The quantitative estimate of drug-likeness (QED) is 0.613. The third-order valence-corrected chi connectivity index (χ3v) is 7.74. The summed E-state index contributed by atoms with van der Waals surface area (Å²) in [6, 6.07) is 15.5. The highest BCUT2D eigenvalue weighted by Crippen LogP contribution is 2.45. The topological polar surface area (TPSA) is 95.9 Å². The van der Waals surface area contributed by atoms with Crippen LogP contribution in [0.3, 0.4) is 0 Å². The first-order valence-electron chi connectivity index (χ1n) is 12.2. The van der Waals surface area contributed by atoms with E-state index in [1.54, 1.807) is 13.0 Å². The second kappa shape index (κ2) is 9.56. The first-order chi connectivity index (χ1) is 17.0. The standard InChI is InChI=1S/C28H30N2O5/c1-17(26(31)30-15-18-7-6-12-19(18)25(30)27(32)33)13-14-29-28(34)35-16-24-22-10-4-2-8-20(22)21-9-3-5-11-23(21)24/h2-5,8-11,13,18-19,24-25H,6-7,12,14-16H2,1H3,(H,29,34)(H,32,33)/b17-13+. The van der Waals surface area contributed by atoms with Gasteiger partial charge in [0.2, 0.25) is 5.91 Å². The van der Waals surface area contributed by atoms with Crippen LogP contribution in [0.2, 0.25) is 0 Å². The second-order valence-electron chi connectivity index (χ2n) is 9.69. The molecule has 1 saturated heterocycles. The lowest BCUT2D eigenvalue weighted by Gasteiger charge is -2.24. The Labute approximate surface area is 204 Å². The van der Waals surface area contributed by atoms with Crippen molar-refractivity contribution in [3.63, 3.8) is 0 Å². The lowest BCUT2D eigenvalue weighted by Crippen LogP contribution is -2.43. The van der Waals surface area contributed by atoms with Crippen LogP contribution in [-0.2, 0) is 14.3 Å². The Bertz CT molecular complexity index is 1140. The number of nitrogens with zero attached hydrogens (tertiary/aromatic N) is 1. The first-order valence-corrected chi connectivity index (χ1v) is 12.2. The number of carbonyl (C=O) groups is 3. The molecule has 7 heteroatoms. The molecule has 182 valence electrons. The van der Waals surface area contributed by atoms with Gasteiger partial charge in [-0.05, 0) is 53.9 Å². The van der Waals surface area contributed by atoms with Crippen molar-refractivity contribution in [3.8, 4) is 11.1 Å². The highest BCUT2D eigenvalue weighted by molar-refractivity contribution is 5.96. The van der Waals surface area contributed by atoms with Crippen molar-refractivity contribution in [1.82, 2.24) is 10.2 Å². The summed E-state index contributed by atoms with van der Waals surface area (Å²) in [5, 5.41) is 12.4. The minimum atomic E-state index is -0.933. The van der Waals surface area contributed by atoms with Crippen molar-refractivity contribution < 1.29 is 24.2 Å². The van der Waals surface area contributed by atoms with Gasteiger partial charge in [-0.25, -0.2) is 9.59 Å². The lowest BCUT2D eigenvalue weighted by atomic mass is 9.94. The Morgan fingerprint density at radius 1 is 1.06 bits per heavy atom. The summed E-state index contributed by atoms with van der Waals surface area (Å²) in [6.45, 7) is 2.51. The van der Waals surface area contributed by atoms with Gasteiger partial charge >= 0.3 is 12.1 Å². The van der Waals surface area contributed by atoms with Crippen LogP contribution < -0.4 is 5.32 Å². The molecule has 7 nitrogen and oxygen atoms in total. The molecule has 2 aromatic rings. The van der Waals surface area contributed by atoms with Crippen LogP contribution in [0.4, 0.5) is 4.79 Å². The lowest BCUT2D eigenvalue weighted by molar-refractivity contribution is -0.148. The van der Waals surface area contributed by atoms with E-state index < -0.39 is 18.1 Å². The Kier molecular flexibility index (Phi) is 6.32. The number of rotatable bonds is 6. The molecule has 2 aliphatic carbocycles. The number of aliphatic carboxylic acids is 1. The summed E-state index contributed by atoms with van der Waals surface area (Å²) in [4.78, 5) is 38.6. The van der Waals surface area contributed by atoms with Crippen molar-refractivity contribution >= 4 is 18.0 Å². The number of nitrogens with one attached hydrogen (secondary N) is 1. The van der Waals surface area contributed by atoms with E-state index in [1.165, 1.54) is 16.0 Å². The fourth-order valence-electron chi connectivity index (χ4n) is 6.08. The molecule has 2 N–H and O–H groups in total. The van der Waals surface area contributed by atoms with Crippen LogP contribution in [0, 0.1) is 11.8 Å². The SMILES string of the molecule is C/C(=C\CNC(=O)OCC1c2ccccc2-c2ccccc21)C(=O)N1CC2CCCC2C1C(=O)O. The predicted molar refractivity (Wildman–Crippen MR) is 131 cm³/mol. The molecule has 0 aromatic heterocycles. The number of carbonyl (C=O) groups excluding carboxylic acids is 2. The fraction of sp³-hybridized carbons (Fsp3) is 0.393. The maximum absolute atomic E-state index is 13.0. The summed E-state index contributed by atoms with van der Waals surface area (Å²) < 4.78 is 5.53. The van der Waals surface area contributed by atoms with E-state index in [4.69, 9.17) is 4.74 Å². The van der Waals surface area contributed by atoms with Crippen molar-refractivity contribution in [2.45, 2.75) is 38.1 Å². The maximum atomic E-state index is 13.0. The molecule has 2 amide bonds. The number of ether oxygens (including phenoxy) is 1. The monoisotopic (exact) mass is 474 g/mol. The van der Waals surface area contributed by atoms with E-state index in [0.29, 0.717) is 12.1 Å². The minimum absolute atomic E-state index is 0.0189. The molecule has 2 aromatic carbocycles. The molecule has 35 heavy (non-hydrogen) atoms. The molecule has 3 unspecified atom stereocenters. The number of amides is 2. The van der Waals surface area contributed by atoms with Crippen LogP contribution in [0.15, 0.2) is 60.2 Å². The van der Waals surface area contributed by atoms with Gasteiger partial charge in [0.05, 0.1) is 0 Å². The number of carboxylic acid groups (broad SMARTS) is 1. The predicted octanol–water partition coefficient (Wildman–Crippen LogP) is 4.18. The summed E-state index contributed by atoms with van der Waals surface area (Å²) in [5.41, 5.74) is 5.05. The van der Waals surface area contributed by atoms with E-state index in [-0.39, 0.29) is 36.8 Å². The Morgan fingerprint density at radius 2 is 1.71 bits per heavy atom. The largest absolute Gasteiger partial charge is 0.480 e. The number of likely N-dealkylation sites (tertiary alicyclic amines) is 1. The smallest absolute Gasteiger partial charge is 0.407 e. The van der Waals surface area contributed by atoms with E-state index in [1.807, 2.05) is 24.3 Å². The number of hydrogen-bond donors (Lipinski definition) is 2. The van der Waals surface area contributed by atoms with E-state index in [2.05, 4.69) is 29.6 Å². The first kappa shape index (κ1) is 23.1. The van der Waals surface area contributed by atoms with Crippen molar-refractivity contribution in [2.75, 3.05) is 19.7 Å². The molecule has 1 aliphatic heterocycles. The third-order valence-electron chi connectivity index (χ3n) is 7.74. The van der Waals surface area contributed by atoms with Gasteiger partial charge < -0.3 is 20.1 Å². The van der Waals surface area contributed by atoms with Crippen molar-refractivity contribution in [1.29, 1.82) is 0 Å². The molecule has 1 saturated carbocycles. The molecule has 0 spiro atoms. The zero-order valence-corrected chi connectivity index (χ0v) is 19.8. The van der Waals surface area contributed by atoms with Gasteiger partial charge in [-0.15, -0.1) is 0 Å². The van der Waals surface area contributed by atoms with Gasteiger partial charge in [0.15, 0.2) is 0 Å². The Hall–Kier alpha value is -3.61. The molecule has 5 rings (SSSR count). The normalized spacial score (nSPS) is 22.9. The minimum Gasteiger partial charge on any atom is -0.480 e. The number of carboxylic acids is 1. The van der Waals surface area contributed by atoms with Gasteiger partial charge in [0, 0.05) is 24.6 Å². The number of benzene rings is 2. The number of fused-ring (bicyclic) bond motifs is 4. The Morgan fingerprint density at radius 3 is 2.37 bits per heavy atom. The van der Waals surface area contributed by atoms with Gasteiger partial charge in [-0.1, -0.05) is 61.0 Å². The summed E-state index contributed by atoms with van der Waals surface area (Å²) in [5.74, 6) is -0.914. The highest BCUT2D eigenvalue weighted by atomic mass is 16.5. The molecule has 3 atom stereocenters. The molecule has 0 bridgehead atoms. The van der Waals surface area contributed by atoms with Crippen molar-refractivity contribution in [3.05, 3.63) is 71.3 Å². The third kappa shape index (κ3) is 4.31. The molecule has 0 radical (unpaired) electrons. The van der Waals surface area contributed by atoms with Crippen LogP contribution >= 0.6 is 0 Å². The van der Waals surface area contributed by atoms with Crippen LogP contribution in [0.25, 0.3) is 11.1 Å².